The molecule has 12 aromatic rings. The second-order valence-electron chi connectivity index (χ2n) is 20.8. The minimum absolute atomic E-state index is 0.186. The molecule has 0 spiro atoms. The summed E-state index contributed by atoms with van der Waals surface area (Å²) in [5.74, 6) is -1.75. The summed E-state index contributed by atoms with van der Waals surface area (Å²) in [6.45, 7) is 0. The zero-order valence-electron chi connectivity index (χ0n) is 38.9. The van der Waals surface area contributed by atoms with E-state index in [4.69, 9.17) is 0 Å². The standard InChI is InChI=1S/C68H32O6/c69-63-49-13-31-7-1-2-8-32(31)14-50(49)64(70)56-26-38-20-44-43(19-37(38)25-55(56)63)61-45-21-39-27-57-59(67(73)53-17-35-11-5-3-9-33(35)15-51(53)65(57)71)29-41(39)23-47(45)62(44)48-24-42-30-60-58(28-40(42)22-46(48)61)66(72)52-16-34-10-4-6-12-36(34)18-54(52)68(60)74/h1-30,61-62H. The normalized spacial score (nSPS) is 16.5. The lowest BCUT2D eigenvalue weighted by atomic mass is 9.60. The van der Waals surface area contributed by atoms with Crippen molar-refractivity contribution in [1.82, 2.24) is 0 Å². The highest BCUT2D eigenvalue weighted by Gasteiger charge is 2.43. The van der Waals surface area contributed by atoms with E-state index in [0.29, 0.717) is 66.8 Å². The molecule has 0 atom stereocenters. The van der Waals surface area contributed by atoms with Crippen LogP contribution in [-0.4, -0.2) is 34.7 Å². The lowest BCUT2D eigenvalue weighted by Crippen LogP contribution is -2.28. The Bertz CT molecular complexity index is 4120. The lowest BCUT2D eigenvalue weighted by molar-refractivity contribution is 0.0979. The molecule has 0 saturated heterocycles. The summed E-state index contributed by atoms with van der Waals surface area (Å²) in [6.07, 6.45) is 0. The monoisotopic (exact) mass is 944 g/mol. The minimum atomic E-state index is -0.320. The van der Waals surface area contributed by atoms with Gasteiger partial charge in [0.25, 0.3) is 0 Å². The number of rotatable bonds is 0. The second-order valence-corrected chi connectivity index (χ2v) is 20.8. The van der Waals surface area contributed by atoms with Crippen LogP contribution in [0, 0.1) is 0 Å². The maximum Gasteiger partial charge on any atom is 0.194 e. The molecule has 0 heterocycles. The van der Waals surface area contributed by atoms with Crippen LogP contribution in [-0.2, 0) is 0 Å². The molecule has 0 aromatic heterocycles. The SMILES string of the molecule is O=C1c2cc3ccccc3cc2C(=O)c2cc3cc4c(cc3cc21)C1c2cc3cc5c(cc3cc2C4c2cc3cc4c(cc3cc21)C(=O)c1cc2ccccc2cc1C4=O)C(=O)c1cc2ccccc2cc1C5=O. The summed E-state index contributed by atoms with van der Waals surface area (Å²) in [5.41, 5.74) is 11.0. The van der Waals surface area contributed by atoms with Gasteiger partial charge in [-0.15, -0.1) is 0 Å². The number of ketones is 6. The summed E-state index contributed by atoms with van der Waals surface area (Å²) >= 11 is 0. The van der Waals surface area contributed by atoms with Crippen LogP contribution >= 0.6 is 0 Å². The Kier molecular flexibility index (Phi) is 7.32. The molecule has 2 bridgehead atoms. The molecule has 340 valence electrons. The van der Waals surface area contributed by atoms with E-state index in [9.17, 15) is 28.8 Å². The summed E-state index contributed by atoms with van der Waals surface area (Å²) in [6, 6.07) is 58.5. The first-order chi connectivity index (χ1) is 36.1. The molecule has 18 rings (SSSR count). The van der Waals surface area contributed by atoms with Crippen molar-refractivity contribution in [2.24, 2.45) is 0 Å². The van der Waals surface area contributed by atoms with Crippen molar-refractivity contribution in [2.75, 3.05) is 0 Å². The topological polar surface area (TPSA) is 102 Å². The summed E-state index contributed by atoms with van der Waals surface area (Å²) in [5, 5.41) is 10.3. The fourth-order valence-electron chi connectivity index (χ4n) is 13.5. The highest BCUT2D eigenvalue weighted by Crippen LogP contribution is 2.58. The van der Waals surface area contributed by atoms with Gasteiger partial charge >= 0.3 is 0 Å². The first-order valence-electron chi connectivity index (χ1n) is 24.8. The van der Waals surface area contributed by atoms with Crippen molar-refractivity contribution in [3.05, 3.63) is 282 Å². The molecule has 0 aliphatic heterocycles. The van der Waals surface area contributed by atoms with E-state index in [0.717, 1.165) is 98.0 Å². The zero-order valence-corrected chi connectivity index (χ0v) is 38.9. The third-order valence-corrected chi connectivity index (χ3v) is 17.0. The van der Waals surface area contributed by atoms with Gasteiger partial charge in [-0.1, -0.05) is 72.8 Å². The molecule has 6 nitrogen and oxygen atoms in total. The second kappa shape index (κ2) is 13.6. The molecular formula is C68H32O6. The average Bonchev–Trinajstić information content (AvgIpc) is 3.43. The van der Waals surface area contributed by atoms with Crippen molar-refractivity contribution in [1.29, 1.82) is 0 Å². The maximum absolute atomic E-state index is 14.4. The fourth-order valence-corrected chi connectivity index (χ4v) is 13.5. The van der Waals surface area contributed by atoms with Gasteiger partial charge in [0.05, 0.1) is 0 Å². The average molecular weight is 945 g/mol. The molecule has 6 heteroatoms. The van der Waals surface area contributed by atoms with Crippen LogP contribution in [0.5, 0.6) is 0 Å². The fraction of sp³-hybridized carbons (Fsp3) is 0.0294. The third kappa shape index (κ3) is 5.03. The lowest BCUT2D eigenvalue weighted by Gasteiger charge is -2.43. The predicted molar refractivity (Wildman–Crippen MR) is 286 cm³/mol. The Morgan fingerprint density at radius 2 is 0.311 bits per heavy atom. The zero-order chi connectivity index (χ0) is 49.2. The van der Waals surface area contributed by atoms with Gasteiger partial charge in [0.2, 0.25) is 0 Å². The van der Waals surface area contributed by atoms with Gasteiger partial charge in [-0.25, -0.2) is 0 Å². The number of hydrogen-bond acceptors (Lipinski definition) is 6. The molecule has 6 aliphatic carbocycles. The van der Waals surface area contributed by atoms with Gasteiger partial charge in [-0.3, -0.25) is 28.8 Å². The van der Waals surface area contributed by atoms with E-state index in [-0.39, 0.29) is 46.5 Å². The van der Waals surface area contributed by atoms with E-state index < -0.39 is 0 Å². The molecule has 0 unspecified atom stereocenters. The smallest absolute Gasteiger partial charge is 0.194 e. The van der Waals surface area contributed by atoms with Crippen LogP contribution in [0.4, 0.5) is 0 Å². The van der Waals surface area contributed by atoms with Gasteiger partial charge in [0, 0.05) is 78.6 Å². The van der Waals surface area contributed by atoms with Crippen molar-refractivity contribution >= 4 is 99.3 Å². The molecule has 0 N–H and O–H groups in total. The van der Waals surface area contributed by atoms with Crippen molar-refractivity contribution < 1.29 is 28.8 Å². The van der Waals surface area contributed by atoms with E-state index in [1.165, 1.54) is 0 Å². The Morgan fingerprint density at radius 3 is 0.459 bits per heavy atom. The highest BCUT2D eigenvalue weighted by atomic mass is 16.2. The van der Waals surface area contributed by atoms with Crippen molar-refractivity contribution in [2.45, 2.75) is 11.8 Å². The first-order valence-corrected chi connectivity index (χ1v) is 24.8. The minimum Gasteiger partial charge on any atom is -0.289 e. The van der Waals surface area contributed by atoms with Gasteiger partial charge in [0.15, 0.2) is 34.7 Å². The van der Waals surface area contributed by atoms with Crippen LogP contribution in [0.2, 0.25) is 0 Å². The summed E-state index contributed by atoms with van der Waals surface area (Å²) < 4.78 is 0. The molecule has 0 saturated carbocycles. The third-order valence-electron chi connectivity index (χ3n) is 17.0. The van der Waals surface area contributed by atoms with Crippen LogP contribution in [0.1, 0.15) is 141 Å². The highest BCUT2D eigenvalue weighted by molar-refractivity contribution is 6.33. The quantitative estimate of drug-likeness (QED) is 0.150. The predicted octanol–water partition coefficient (Wildman–Crippen LogP) is 13.9. The van der Waals surface area contributed by atoms with Crippen LogP contribution in [0.3, 0.4) is 0 Å². The molecule has 6 aliphatic rings. The molecule has 74 heavy (non-hydrogen) atoms. The van der Waals surface area contributed by atoms with Crippen LogP contribution in [0.25, 0.3) is 64.6 Å². The van der Waals surface area contributed by atoms with Crippen LogP contribution in [0.15, 0.2) is 182 Å². The van der Waals surface area contributed by atoms with E-state index in [1.54, 1.807) is 0 Å². The van der Waals surface area contributed by atoms with Crippen LogP contribution < -0.4 is 0 Å². The van der Waals surface area contributed by atoms with Crippen molar-refractivity contribution in [3.63, 3.8) is 0 Å². The van der Waals surface area contributed by atoms with Gasteiger partial charge in [-0.05, 0) is 207 Å². The Labute approximate surface area is 420 Å². The molecule has 12 aromatic carbocycles. The number of benzene rings is 12. The first kappa shape index (κ1) is 39.9. The number of hydrogen-bond donors (Lipinski definition) is 0. The molecular weight excluding hydrogens is 913 g/mol. The van der Waals surface area contributed by atoms with Gasteiger partial charge in [0.1, 0.15) is 0 Å². The molecule has 0 amide bonds. The van der Waals surface area contributed by atoms with E-state index >= 15 is 0 Å². The van der Waals surface area contributed by atoms with E-state index in [2.05, 4.69) is 36.4 Å². The van der Waals surface area contributed by atoms with Gasteiger partial charge < -0.3 is 0 Å². The Morgan fingerprint density at radius 1 is 0.176 bits per heavy atom. The molecule has 0 radical (unpaired) electrons. The summed E-state index contributed by atoms with van der Waals surface area (Å²) in [7, 11) is 0. The maximum atomic E-state index is 14.4. The largest absolute Gasteiger partial charge is 0.289 e. The number of carbonyl (C=O) groups excluding carboxylic acids is 6. The van der Waals surface area contributed by atoms with E-state index in [1.807, 2.05) is 146 Å². The van der Waals surface area contributed by atoms with Gasteiger partial charge in [-0.2, -0.15) is 0 Å². The Balaban J connectivity index is 0.876. The van der Waals surface area contributed by atoms with Crippen molar-refractivity contribution in [3.8, 4) is 0 Å². The molecule has 0 fully saturated rings. The summed E-state index contributed by atoms with van der Waals surface area (Å²) in [4.78, 5) is 86.6. The number of fused-ring (bicyclic) bond motifs is 12. The Hall–Kier alpha value is -9.78. The number of carbonyl (C=O) groups is 6.